The highest BCUT2D eigenvalue weighted by atomic mass is 16.5. The van der Waals surface area contributed by atoms with Gasteiger partial charge in [-0.2, -0.15) is 0 Å². The molecule has 1 aliphatic heterocycles. The lowest BCUT2D eigenvalue weighted by molar-refractivity contribution is 0.0889. The third-order valence-electron chi connectivity index (χ3n) is 5.28. The summed E-state index contributed by atoms with van der Waals surface area (Å²) in [4.78, 5) is 19.1. The molecule has 0 atom stereocenters. The van der Waals surface area contributed by atoms with E-state index in [1.807, 2.05) is 60.8 Å². The number of rotatable bonds is 4. The fraction of sp³-hybridized carbons (Fsp3) is 0.167. The highest BCUT2D eigenvalue weighted by Crippen LogP contribution is 2.33. The van der Waals surface area contributed by atoms with Gasteiger partial charge in [-0.15, -0.1) is 0 Å². The first-order valence-electron chi connectivity index (χ1n) is 9.69. The summed E-state index contributed by atoms with van der Waals surface area (Å²) in [6.45, 7) is 1.81. The SMILES string of the molecule is COc1ccc(-c2cc3ccc4c(c3oc2=O)CN(Cc2cccnc2)CO4)cc1. The molecule has 6 nitrogen and oxygen atoms in total. The number of ether oxygens (including phenoxy) is 2. The van der Waals surface area contributed by atoms with Gasteiger partial charge in [-0.1, -0.05) is 18.2 Å². The number of benzene rings is 2. The van der Waals surface area contributed by atoms with E-state index in [4.69, 9.17) is 13.9 Å². The summed E-state index contributed by atoms with van der Waals surface area (Å²) in [5, 5.41) is 0.867. The minimum Gasteiger partial charge on any atom is -0.497 e. The van der Waals surface area contributed by atoms with Crippen molar-refractivity contribution in [1.29, 1.82) is 0 Å². The molecule has 0 radical (unpaired) electrons. The molecule has 0 bridgehead atoms. The molecule has 2 aromatic heterocycles. The summed E-state index contributed by atoms with van der Waals surface area (Å²) in [6, 6.07) is 17.1. The van der Waals surface area contributed by atoms with Gasteiger partial charge in [0.15, 0.2) is 0 Å². The van der Waals surface area contributed by atoms with Gasteiger partial charge in [0.1, 0.15) is 23.8 Å². The first-order valence-corrected chi connectivity index (χ1v) is 9.69. The zero-order chi connectivity index (χ0) is 20.5. The third-order valence-corrected chi connectivity index (χ3v) is 5.28. The smallest absolute Gasteiger partial charge is 0.344 e. The molecule has 1 aliphatic rings. The molecule has 0 fully saturated rings. The Morgan fingerprint density at radius 1 is 1.13 bits per heavy atom. The molecule has 3 heterocycles. The number of nitrogens with zero attached hydrogens (tertiary/aromatic N) is 2. The van der Waals surface area contributed by atoms with Crippen molar-refractivity contribution in [3.05, 3.63) is 88.5 Å². The first-order chi connectivity index (χ1) is 14.7. The van der Waals surface area contributed by atoms with Crippen molar-refractivity contribution in [2.75, 3.05) is 13.8 Å². The van der Waals surface area contributed by atoms with Gasteiger partial charge in [0.2, 0.25) is 0 Å². The van der Waals surface area contributed by atoms with E-state index in [0.717, 1.165) is 33.6 Å². The fourth-order valence-corrected chi connectivity index (χ4v) is 3.76. The van der Waals surface area contributed by atoms with Crippen molar-refractivity contribution in [1.82, 2.24) is 9.88 Å². The van der Waals surface area contributed by atoms with Crippen molar-refractivity contribution >= 4 is 11.0 Å². The molecule has 5 rings (SSSR count). The van der Waals surface area contributed by atoms with E-state index >= 15 is 0 Å². The highest BCUT2D eigenvalue weighted by Gasteiger charge is 2.22. The molecule has 4 aromatic rings. The van der Waals surface area contributed by atoms with Gasteiger partial charge in [0, 0.05) is 30.9 Å². The van der Waals surface area contributed by atoms with Crippen LogP contribution in [0, 0.1) is 0 Å². The molecule has 0 amide bonds. The molecule has 0 unspecified atom stereocenters. The lowest BCUT2D eigenvalue weighted by Gasteiger charge is -2.29. The van der Waals surface area contributed by atoms with Gasteiger partial charge >= 0.3 is 5.63 Å². The van der Waals surface area contributed by atoms with Crippen LogP contribution in [0.25, 0.3) is 22.1 Å². The fourth-order valence-electron chi connectivity index (χ4n) is 3.76. The molecule has 150 valence electrons. The van der Waals surface area contributed by atoms with E-state index in [9.17, 15) is 4.79 Å². The van der Waals surface area contributed by atoms with Crippen LogP contribution in [-0.4, -0.2) is 23.7 Å². The Bertz CT molecular complexity index is 1250. The normalized spacial score (nSPS) is 13.6. The van der Waals surface area contributed by atoms with Crippen molar-refractivity contribution in [2.24, 2.45) is 0 Å². The monoisotopic (exact) mass is 400 g/mol. The maximum absolute atomic E-state index is 12.8. The summed E-state index contributed by atoms with van der Waals surface area (Å²) in [6.07, 6.45) is 3.61. The molecule has 0 spiro atoms. The van der Waals surface area contributed by atoms with Crippen LogP contribution in [0.2, 0.25) is 0 Å². The Hall–Kier alpha value is -3.64. The second-order valence-corrected chi connectivity index (χ2v) is 7.26. The third kappa shape index (κ3) is 3.42. The van der Waals surface area contributed by atoms with Crippen LogP contribution < -0.4 is 15.1 Å². The quantitative estimate of drug-likeness (QED) is 0.478. The molecule has 0 saturated heterocycles. The highest BCUT2D eigenvalue weighted by molar-refractivity contribution is 5.86. The van der Waals surface area contributed by atoms with Crippen LogP contribution in [0.15, 0.2) is 76.2 Å². The van der Waals surface area contributed by atoms with E-state index in [1.54, 1.807) is 13.3 Å². The standard InChI is InChI=1S/C24H20N2O4/c1-28-19-7-4-17(5-8-19)20-11-18-6-9-22-21(23(18)30-24(20)27)14-26(15-29-22)13-16-3-2-10-25-12-16/h2-12H,13-15H2,1H3. The average Bonchev–Trinajstić information content (AvgIpc) is 2.79. The second-order valence-electron chi connectivity index (χ2n) is 7.26. The van der Waals surface area contributed by atoms with E-state index in [0.29, 0.717) is 31.0 Å². The topological polar surface area (TPSA) is 64.8 Å². The van der Waals surface area contributed by atoms with Crippen molar-refractivity contribution in [3.63, 3.8) is 0 Å². The number of hydrogen-bond donors (Lipinski definition) is 0. The molecule has 6 heteroatoms. The van der Waals surface area contributed by atoms with Crippen molar-refractivity contribution < 1.29 is 13.9 Å². The Kier molecular flexibility index (Phi) is 4.69. The van der Waals surface area contributed by atoms with Gasteiger partial charge in [0.25, 0.3) is 0 Å². The maximum Gasteiger partial charge on any atom is 0.344 e. The van der Waals surface area contributed by atoms with Crippen LogP contribution in [0.4, 0.5) is 0 Å². The van der Waals surface area contributed by atoms with E-state index in [2.05, 4.69) is 9.88 Å². The van der Waals surface area contributed by atoms with E-state index in [-0.39, 0.29) is 5.63 Å². The Morgan fingerprint density at radius 3 is 2.77 bits per heavy atom. The molecule has 0 aliphatic carbocycles. The summed E-state index contributed by atoms with van der Waals surface area (Å²) < 4.78 is 16.9. The van der Waals surface area contributed by atoms with Crippen LogP contribution in [0.5, 0.6) is 11.5 Å². The summed E-state index contributed by atoms with van der Waals surface area (Å²) >= 11 is 0. The zero-order valence-electron chi connectivity index (χ0n) is 16.5. The Balaban J connectivity index is 1.51. The minimum atomic E-state index is -0.370. The number of hydrogen-bond acceptors (Lipinski definition) is 6. The summed E-state index contributed by atoms with van der Waals surface area (Å²) in [5.74, 6) is 1.49. The number of fused-ring (bicyclic) bond motifs is 3. The first kappa shape index (κ1) is 18.4. The van der Waals surface area contributed by atoms with E-state index < -0.39 is 0 Å². The Morgan fingerprint density at radius 2 is 2.00 bits per heavy atom. The Labute approximate surface area is 173 Å². The lowest BCUT2D eigenvalue weighted by atomic mass is 10.0. The predicted molar refractivity (Wildman–Crippen MR) is 113 cm³/mol. The van der Waals surface area contributed by atoms with E-state index in [1.165, 1.54) is 0 Å². The lowest BCUT2D eigenvalue weighted by Crippen LogP contribution is -2.31. The molecule has 30 heavy (non-hydrogen) atoms. The van der Waals surface area contributed by atoms with Gasteiger partial charge < -0.3 is 13.9 Å². The predicted octanol–water partition coefficient (Wildman–Crippen LogP) is 4.22. The summed E-state index contributed by atoms with van der Waals surface area (Å²) in [7, 11) is 1.61. The van der Waals surface area contributed by atoms with Crippen LogP contribution >= 0.6 is 0 Å². The van der Waals surface area contributed by atoms with Crippen LogP contribution in [0.1, 0.15) is 11.1 Å². The van der Waals surface area contributed by atoms with Gasteiger partial charge in [0.05, 0.1) is 18.2 Å². The second kappa shape index (κ2) is 7.65. The van der Waals surface area contributed by atoms with Crippen molar-refractivity contribution in [3.8, 4) is 22.6 Å². The minimum absolute atomic E-state index is 0.370. The summed E-state index contributed by atoms with van der Waals surface area (Å²) in [5.41, 5.74) is 3.51. The molecule has 0 saturated carbocycles. The zero-order valence-corrected chi connectivity index (χ0v) is 16.5. The molecular weight excluding hydrogens is 380 g/mol. The number of pyridine rings is 1. The molecular formula is C24H20N2O4. The van der Waals surface area contributed by atoms with Crippen LogP contribution in [0.3, 0.4) is 0 Å². The molecule has 0 N–H and O–H groups in total. The number of methoxy groups -OCH3 is 1. The average molecular weight is 400 g/mol. The largest absolute Gasteiger partial charge is 0.497 e. The van der Waals surface area contributed by atoms with Gasteiger partial charge in [-0.25, -0.2) is 4.79 Å². The molecule has 2 aromatic carbocycles. The number of aromatic nitrogens is 1. The maximum atomic E-state index is 12.8. The van der Waals surface area contributed by atoms with Gasteiger partial charge in [-0.3, -0.25) is 9.88 Å². The van der Waals surface area contributed by atoms with Gasteiger partial charge in [-0.05, 0) is 47.5 Å². The van der Waals surface area contributed by atoms with Crippen LogP contribution in [-0.2, 0) is 13.1 Å². The van der Waals surface area contributed by atoms with Crippen molar-refractivity contribution in [2.45, 2.75) is 13.1 Å².